The summed E-state index contributed by atoms with van der Waals surface area (Å²) in [6.07, 6.45) is -6.84. The van der Waals surface area contributed by atoms with Gasteiger partial charge in [0.1, 0.15) is 30.5 Å². The van der Waals surface area contributed by atoms with Crippen molar-refractivity contribution in [2.45, 2.75) is 70.6 Å². The maximum Gasteiger partial charge on any atom is 0.339 e. The monoisotopic (exact) mass is 586 g/mol. The van der Waals surface area contributed by atoms with E-state index in [9.17, 15) is 24.9 Å². The number of benzene rings is 2. The van der Waals surface area contributed by atoms with Gasteiger partial charge in [0.2, 0.25) is 0 Å². The van der Waals surface area contributed by atoms with Gasteiger partial charge >= 0.3 is 11.9 Å². The van der Waals surface area contributed by atoms with Crippen molar-refractivity contribution in [1.82, 2.24) is 0 Å². The largest absolute Gasteiger partial charge is 0.486 e. The number of methoxy groups -OCH3 is 1. The first-order chi connectivity index (χ1) is 18.3. The van der Waals surface area contributed by atoms with Crippen LogP contribution in [0.1, 0.15) is 52.6 Å². The van der Waals surface area contributed by atoms with Gasteiger partial charge in [-0.1, -0.05) is 35.3 Å². The number of aliphatic hydroxyl groups is 3. The molecule has 5 atom stereocenters. The minimum atomic E-state index is -1.58. The van der Waals surface area contributed by atoms with E-state index < -0.39 is 54.9 Å². The van der Waals surface area contributed by atoms with E-state index in [4.69, 9.17) is 46.9 Å². The van der Waals surface area contributed by atoms with E-state index in [1.54, 1.807) is 52.0 Å². The van der Waals surface area contributed by atoms with Crippen molar-refractivity contribution in [2.24, 2.45) is 0 Å². The first-order valence-corrected chi connectivity index (χ1v) is 12.8. The van der Waals surface area contributed by atoms with Gasteiger partial charge < -0.3 is 39.0 Å². The van der Waals surface area contributed by atoms with Crippen LogP contribution in [0, 0.1) is 6.92 Å². The van der Waals surface area contributed by atoms with Crippen molar-refractivity contribution in [3.63, 3.8) is 0 Å². The lowest BCUT2D eigenvalue weighted by molar-refractivity contribution is -0.293. The van der Waals surface area contributed by atoms with Gasteiger partial charge in [0.05, 0.1) is 27.8 Å². The Bertz CT molecular complexity index is 1180. The number of esters is 2. The van der Waals surface area contributed by atoms with Crippen LogP contribution >= 0.6 is 23.2 Å². The molecule has 1 fully saturated rings. The highest BCUT2D eigenvalue weighted by Crippen LogP contribution is 2.39. The number of carbonyl (C=O) groups excluding carboxylic acids is 2. The van der Waals surface area contributed by atoms with Crippen LogP contribution in [0.3, 0.4) is 0 Å². The van der Waals surface area contributed by atoms with E-state index in [2.05, 4.69) is 0 Å². The van der Waals surface area contributed by atoms with Crippen LogP contribution in [0.25, 0.3) is 0 Å². The summed E-state index contributed by atoms with van der Waals surface area (Å²) in [7, 11) is 1.26. The molecule has 1 aliphatic rings. The Morgan fingerprint density at radius 3 is 2.26 bits per heavy atom. The van der Waals surface area contributed by atoms with E-state index >= 15 is 0 Å². The van der Waals surface area contributed by atoms with Crippen LogP contribution in [0.15, 0.2) is 30.3 Å². The fourth-order valence-corrected chi connectivity index (χ4v) is 4.39. The summed E-state index contributed by atoms with van der Waals surface area (Å²) in [5, 5.41) is 30.0. The van der Waals surface area contributed by atoms with Gasteiger partial charge in [0, 0.05) is 7.11 Å². The molecule has 3 rings (SSSR count). The van der Waals surface area contributed by atoms with Crippen LogP contribution in [0.2, 0.25) is 10.0 Å². The summed E-state index contributed by atoms with van der Waals surface area (Å²) in [5.74, 6) is -1.20. The first kappa shape index (κ1) is 31.1. The minimum Gasteiger partial charge on any atom is -0.486 e. The zero-order chi connectivity index (χ0) is 29.1. The highest BCUT2D eigenvalue weighted by molar-refractivity contribution is 6.38. The summed E-state index contributed by atoms with van der Waals surface area (Å²) in [6, 6.07) is 7.97. The predicted octanol–water partition coefficient (Wildman–Crippen LogP) is 3.45. The SMILES string of the molecule is CO[C@H]1O[C@H](CO)[C@@H](O)[C@H](O)[C@H]1OC(=O)c1cc(Cl)c(OCc2ccc(C(=O)OC(C)(C)C)cc2)c(Cl)c1C. The predicted molar refractivity (Wildman–Crippen MR) is 141 cm³/mol. The number of rotatable bonds is 8. The fraction of sp³-hybridized carbons (Fsp3) is 0.481. The quantitative estimate of drug-likeness (QED) is 0.394. The molecule has 0 amide bonds. The zero-order valence-corrected chi connectivity index (χ0v) is 23.7. The van der Waals surface area contributed by atoms with Crippen molar-refractivity contribution in [3.8, 4) is 5.75 Å². The molecule has 0 unspecified atom stereocenters. The summed E-state index contributed by atoms with van der Waals surface area (Å²) < 4.78 is 27.1. The molecule has 1 heterocycles. The Kier molecular flexibility index (Phi) is 10.2. The van der Waals surface area contributed by atoms with Crippen molar-refractivity contribution in [3.05, 3.63) is 62.6 Å². The van der Waals surface area contributed by atoms with Crippen LogP contribution < -0.4 is 4.74 Å². The average molecular weight is 587 g/mol. The van der Waals surface area contributed by atoms with E-state index in [0.29, 0.717) is 11.1 Å². The molecule has 214 valence electrons. The number of halogens is 2. The van der Waals surface area contributed by atoms with Gasteiger partial charge in [-0.15, -0.1) is 0 Å². The molecule has 2 aromatic rings. The fourth-order valence-electron chi connectivity index (χ4n) is 3.83. The molecular formula is C27H32Cl2O10. The molecule has 10 nitrogen and oxygen atoms in total. The van der Waals surface area contributed by atoms with E-state index in [1.165, 1.54) is 13.2 Å². The topological polar surface area (TPSA) is 141 Å². The molecule has 1 aliphatic heterocycles. The third-order valence-corrected chi connectivity index (χ3v) is 6.65. The standard InChI is InChI=1S/C27H32Cl2O10/c1-13-16(25(34)38-23-21(32)20(31)18(11-30)37-26(23)35-5)10-17(28)22(19(13)29)36-12-14-6-8-15(9-7-14)24(33)39-27(2,3)4/h6-10,18,20-21,23,26,30-32H,11-12H2,1-5H3/t18-,20-,21+,23-,26+/m1/s1. The molecule has 2 aromatic carbocycles. The second-order valence-corrected chi connectivity index (χ2v) is 10.8. The molecule has 0 radical (unpaired) electrons. The normalized spacial score (nSPS) is 23.3. The minimum absolute atomic E-state index is 0.000104. The smallest absolute Gasteiger partial charge is 0.339 e. The molecule has 0 bridgehead atoms. The van der Waals surface area contributed by atoms with Crippen molar-refractivity contribution in [2.75, 3.05) is 13.7 Å². The number of aliphatic hydroxyl groups excluding tert-OH is 3. The van der Waals surface area contributed by atoms with Gasteiger partial charge in [-0.2, -0.15) is 0 Å². The molecular weight excluding hydrogens is 555 g/mol. The molecule has 12 heteroatoms. The van der Waals surface area contributed by atoms with Crippen molar-refractivity contribution >= 4 is 35.1 Å². The van der Waals surface area contributed by atoms with Gasteiger partial charge in [0.15, 0.2) is 18.1 Å². The number of carbonyl (C=O) groups is 2. The van der Waals surface area contributed by atoms with Crippen LogP contribution in [0.5, 0.6) is 5.75 Å². The highest BCUT2D eigenvalue weighted by Gasteiger charge is 2.47. The van der Waals surface area contributed by atoms with Crippen LogP contribution in [-0.4, -0.2) is 77.3 Å². The third kappa shape index (κ3) is 7.40. The zero-order valence-electron chi connectivity index (χ0n) is 22.1. The second kappa shape index (κ2) is 12.8. The van der Waals surface area contributed by atoms with Gasteiger partial charge in [-0.05, 0) is 57.0 Å². The Labute approximate surface area is 236 Å². The van der Waals surface area contributed by atoms with E-state index in [0.717, 1.165) is 5.56 Å². The molecule has 39 heavy (non-hydrogen) atoms. The van der Waals surface area contributed by atoms with Crippen molar-refractivity contribution < 1.29 is 48.6 Å². The Morgan fingerprint density at radius 1 is 1.05 bits per heavy atom. The third-order valence-electron chi connectivity index (χ3n) is 5.91. The van der Waals surface area contributed by atoms with Crippen molar-refractivity contribution in [1.29, 1.82) is 0 Å². The lowest BCUT2D eigenvalue weighted by atomic mass is 9.99. The summed E-state index contributed by atoms with van der Waals surface area (Å²) >= 11 is 12.9. The van der Waals surface area contributed by atoms with Crippen LogP contribution in [-0.2, 0) is 25.6 Å². The maximum atomic E-state index is 13.0. The maximum absolute atomic E-state index is 13.0. The lowest BCUT2D eigenvalue weighted by Gasteiger charge is -2.40. The average Bonchev–Trinajstić information content (AvgIpc) is 2.88. The Hall–Kier alpha value is -2.44. The van der Waals surface area contributed by atoms with Gasteiger partial charge in [-0.3, -0.25) is 0 Å². The Balaban J connectivity index is 1.72. The number of hydrogen-bond acceptors (Lipinski definition) is 10. The highest BCUT2D eigenvalue weighted by atomic mass is 35.5. The second-order valence-electron chi connectivity index (χ2n) is 9.97. The van der Waals surface area contributed by atoms with Crippen LogP contribution in [0.4, 0.5) is 0 Å². The number of ether oxygens (including phenoxy) is 5. The molecule has 3 N–H and O–H groups in total. The van der Waals surface area contributed by atoms with Gasteiger partial charge in [0.25, 0.3) is 0 Å². The molecule has 0 saturated carbocycles. The van der Waals surface area contributed by atoms with E-state index in [-0.39, 0.29) is 28.0 Å². The number of hydrogen-bond donors (Lipinski definition) is 3. The molecule has 1 saturated heterocycles. The summed E-state index contributed by atoms with van der Waals surface area (Å²) in [4.78, 5) is 25.2. The molecule has 0 aromatic heterocycles. The summed E-state index contributed by atoms with van der Waals surface area (Å²) in [5.41, 5.74) is 0.817. The summed E-state index contributed by atoms with van der Waals surface area (Å²) in [6.45, 7) is 6.43. The first-order valence-electron chi connectivity index (χ1n) is 12.1. The molecule has 0 aliphatic carbocycles. The molecule has 0 spiro atoms. The lowest BCUT2D eigenvalue weighted by Crippen LogP contribution is -2.60. The van der Waals surface area contributed by atoms with E-state index in [1.807, 2.05) is 0 Å². The Morgan fingerprint density at radius 2 is 1.69 bits per heavy atom. The van der Waals surface area contributed by atoms with Gasteiger partial charge in [-0.25, -0.2) is 9.59 Å².